The van der Waals surface area contributed by atoms with Gasteiger partial charge in [-0.1, -0.05) is 25.1 Å². The average molecular weight is 461 g/mol. The molecule has 1 atom stereocenters. The van der Waals surface area contributed by atoms with Crippen LogP contribution in [0, 0.1) is 0 Å². The van der Waals surface area contributed by atoms with Crippen LogP contribution in [0.2, 0.25) is 0 Å². The minimum atomic E-state index is -0.337. The van der Waals surface area contributed by atoms with Crippen LogP contribution in [0.15, 0.2) is 46.9 Å². The molecule has 2 aromatic carbocycles. The number of nitrogens with one attached hydrogen (secondary N) is 2. The number of para-hydroxylation sites is 1. The van der Waals surface area contributed by atoms with Crippen LogP contribution in [-0.4, -0.2) is 37.7 Å². The van der Waals surface area contributed by atoms with Crippen LogP contribution in [0.25, 0.3) is 0 Å². The molecule has 2 aromatic rings. The molecule has 0 radical (unpaired) electrons. The summed E-state index contributed by atoms with van der Waals surface area (Å²) in [7, 11) is 0. The molecule has 1 aliphatic heterocycles. The Bertz CT molecular complexity index is 866. The highest BCUT2D eigenvalue weighted by molar-refractivity contribution is 9.10. The minimum absolute atomic E-state index is 0.0617. The summed E-state index contributed by atoms with van der Waals surface area (Å²) in [5.41, 5.74) is 2.04. The average Bonchev–Trinajstić information content (AvgIpc) is 3.25. The van der Waals surface area contributed by atoms with Crippen molar-refractivity contribution in [3.63, 3.8) is 0 Å². The van der Waals surface area contributed by atoms with Gasteiger partial charge < -0.3 is 20.1 Å². The van der Waals surface area contributed by atoms with E-state index in [9.17, 15) is 9.59 Å². The van der Waals surface area contributed by atoms with Crippen LogP contribution in [-0.2, 0) is 16.0 Å². The van der Waals surface area contributed by atoms with Crippen LogP contribution in [0.5, 0.6) is 5.75 Å². The van der Waals surface area contributed by atoms with E-state index in [1.165, 1.54) is 5.56 Å². The Morgan fingerprint density at radius 3 is 2.79 bits per heavy atom. The molecule has 0 aliphatic carbocycles. The largest absolute Gasteiger partial charge is 0.483 e. The molecule has 1 fully saturated rings. The highest BCUT2D eigenvalue weighted by atomic mass is 79.9. The minimum Gasteiger partial charge on any atom is -0.483 e. The van der Waals surface area contributed by atoms with Gasteiger partial charge in [-0.05, 0) is 65.0 Å². The van der Waals surface area contributed by atoms with Gasteiger partial charge in [0.1, 0.15) is 5.75 Å². The van der Waals surface area contributed by atoms with Crippen molar-refractivity contribution in [3.05, 3.63) is 58.1 Å². The third kappa shape index (κ3) is 6.05. The standard InChI is InChI=1S/C22H25BrN2O4/c1-2-15-9-10-20(18(23)12-15)29-14-21(26)25-19-8-4-3-7-17(19)22(27)24-13-16-6-5-11-28-16/h3-4,7-10,12,16H,2,5-6,11,13-14H2,1H3,(H,24,27)(H,25,26). The van der Waals surface area contributed by atoms with Gasteiger partial charge in [0.05, 0.1) is 21.8 Å². The van der Waals surface area contributed by atoms with Crippen molar-refractivity contribution in [1.82, 2.24) is 5.32 Å². The lowest BCUT2D eigenvalue weighted by molar-refractivity contribution is -0.118. The Morgan fingerprint density at radius 1 is 1.24 bits per heavy atom. The third-order valence-corrected chi connectivity index (χ3v) is 5.34. The Balaban J connectivity index is 1.56. The first-order valence-corrected chi connectivity index (χ1v) is 10.6. The maximum atomic E-state index is 12.5. The van der Waals surface area contributed by atoms with Crippen LogP contribution in [0.4, 0.5) is 5.69 Å². The lowest BCUT2D eigenvalue weighted by Gasteiger charge is -2.14. The van der Waals surface area contributed by atoms with Gasteiger partial charge in [0.25, 0.3) is 11.8 Å². The number of carbonyl (C=O) groups is 2. The predicted molar refractivity (Wildman–Crippen MR) is 115 cm³/mol. The summed E-state index contributed by atoms with van der Waals surface area (Å²) >= 11 is 3.46. The molecule has 6 nitrogen and oxygen atoms in total. The maximum Gasteiger partial charge on any atom is 0.262 e. The number of hydrogen-bond acceptors (Lipinski definition) is 4. The number of rotatable bonds is 8. The number of benzene rings is 2. The fourth-order valence-corrected chi connectivity index (χ4v) is 3.65. The second-order valence-corrected chi connectivity index (χ2v) is 7.70. The van der Waals surface area contributed by atoms with E-state index in [4.69, 9.17) is 9.47 Å². The first-order valence-electron chi connectivity index (χ1n) is 9.76. The Hall–Kier alpha value is -2.38. The molecular formula is C22H25BrN2O4. The molecule has 0 spiro atoms. The van der Waals surface area contributed by atoms with E-state index >= 15 is 0 Å². The number of anilines is 1. The summed E-state index contributed by atoms with van der Waals surface area (Å²) in [6, 6.07) is 12.7. The molecule has 1 heterocycles. The zero-order chi connectivity index (χ0) is 20.6. The molecule has 1 aliphatic rings. The van der Waals surface area contributed by atoms with Crippen LogP contribution < -0.4 is 15.4 Å². The SMILES string of the molecule is CCc1ccc(OCC(=O)Nc2ccccc2C(=O)NCC2CCCO2)c(Br)c1. The first-order chi connectivity index (χ1) is 14.1. The number of halogens is 1. The third-order valence-electron chi connectivity index (χ3n) is 4.72. The van der Waals surface area contributed by atoms with Gasteiger partial charge in [-0.15, -0.1) is 0 Å². The first kappa shape index (κ1) is 21.3. The van der Waals surface area contributed by atoms with Gasteiger partial charge >= 0.3 is 0 Å². The second-order valence-electron chi connectivity index (χ2n) is 6.85. The summed E-state index contributed by atoms with van der Waals surface area (Å²) in [6.07, 6.45) is 2.95. The molecule has 154 valence electrons. The van der Waals surface area contributed by atoms with Gasteiger partial charge in [0.2, 0.25) is 0 Å². The number of amides is 2. The van der Waals surface area contributed by atoms with Crippen molar-refractivity contribution in [3.8, 4) is 5.75 Å². The highest BCUT2D eigenvalue weighted by Gasteiger charge is 2.18. The van der Waals surface area contributed by atoms with Gasteiger partial charge in [0.15, 0.2) is 6.61 Å². The molecule has 0 bridgehead atoms. The van der Waals surface area contributed by atoms with Gasteiger partial charge in [-0.3, -0.25) is 9.59 Å². The zero-order valence-electron chi connectivity index (χ0n) is 16.4. The number of hydrogen-bond donors (Lipinski definition) is 2. The maximum absolute atomic E-state index is 12.5. The number of ether oxygens (including phenoxy) is 2. The summed E-state index contributed by atoms with van der Waals surface area (Å²) in [4.78, 5) is 24.9. The summed E-state index contributed by atoms with van der Waals surface area (Å²) < 4.78 is 11.9. The van der Waals surface area contributed by atoms with Crippen LogP contribution in [0.3, 0.4) is 0 Å². The van der Waals surface area contributed by atoms with E-state index in [1.54, 1.807) is 24.3 Å². The van der Waals surface area contributed by atoms with Crippen molar-refractivity contribution < 1.29 is 19.1 Å². The van der Waals surface area contributed by atoms with E-state index in [0.717, 1.165) is 30.3 Å². The molecule has 0 aromatic heterocycles. The van der Waals surface area contributed by atoms with E-state index < -0.39 is 0 Å². The normalized spacial score (nSPS) is 15.7. The highest BCUT2D eigenvalue weighted by Crippen LogP contribution is 2.26. The monoisotopic (exact) mass is 460 g/mol. The molecule has 29 heavy (non-hydrogen) atoms. The molecule has 0 saturated carbocycles. The lowest BCUT2D eigenvalue weighted by atomic mass is 10.1. The summed E-state index contributed by atoms with van der Waals surface area (Å²) in [5, 5.41) is 5.64. The van der Waals surface area contributed by atoms with Crippen molar-refractivity contribution in [2.24, 2.45) is 0 Å². The summed E-state index contributed by atoms with van der Waals surface area (Å²) in [6.45, 7) is 3.12. The predicted octanol–water partition coefficient (Wildman–Crippen LogP) is 3.94. The van der Waals surface area contributed by atoms with Crippen molar-refractivity contribution in [2.45, 2.75) is 32.3 Å². The molecule has 2 amide bonds. The fourth-order valence-electron chi connectivity index (χ4n) is 3.11. The molecule has 1 saturated heterocycles. The van der Waals surface area contributed by atoms with Crippen molar-refractivity contribution in [1.29, 1.82) is 0 Å². The molecular weight excluding hydrogens is 436 g/mol. The van der Waals surface area contributed by atoms with Gasteiger partial charge in [-0.25, -0.2) is 0 Å². The Kier molecular flexibility index (Phi) is 7.66. The lowest BCUT2D eigenvalue weighted by Crippen LogP contribution is -2.32. The topological polar surface area (TPSA) is 76.7 Å². The van der Waals surface area contributed by atoms with Crippen molar-refractivity contribution in [2.75, 3.05) is 25.1 Å². The van der Waals surface area contributed by atoms with E-state index in [0.29, 0.717) is 23.5 Å². The molecule has 2 N–H and O–H groups in total. The van der Waals surface area contributed by atoms with E-state index in [2.05, 4.69) is 33.5 Å². The molecule has 7 heteroatoms. The molecule has 3 rings (SSSR count). The molecule has 1 unspecified atom stereocenters. The van der Waals surface area contributed by atoms with E-state index in [-0.39, 0.29) is 24.5 Å². The van der Waals surface area contributed by atoms with Crippen molar-refractivity contribution >= 4 is 33.4 Å². The smallest absolute Gasteiger partial charge is 0.262 e. The second kappa shape index (κ2) is 10.4. The quantitative estimate of drug-likeness (QED) is 0.625. The Labute approximate surface area is 179 Å². The van der Waals surface area contributed by atoms with Crippen LogP contribution in [0.1, 0.15) is 35.7 Å². The summed E-state index contributed by atoms with van der Waals surface area (Å²) in [5.74, 6) is 0.0194. The fraction of sp³-hybridized carbons (Fsp3) is 0.364. The number of aryl methyl sites for hydroxylation is 1. The van der Waals surface area contributed by atoms with Crippen LogP contribution >= 0.6 is 15.9 Å². The van der Waals surface area contributed by atoms with Gasteiger partial charge in [0, 0.05) is 13.2 Å². The van der Waals surface area contributed by atoms with E-state index in [1.807, 2.05) is 18.2 Å². The Morgan fingerprint density at radius 2 is 2.07 bits per heavy atom. The zero-order valence-corrected chi connectivity index (χ0v) is 18.0. The number of carbonyl (C=O) groups excluding carboxylic acids is 2. The van der Waals surface area contributed by atoms with Gasteiger partial charge in [-0.2, -0.15) is 0 Å².